The molecule has 0 bridgehead atoms. The van der Waals surface area contributed by atoms with Gasteiger partial charge in [0.1, 0.15) is 5.69 Å². The Morgan fingerprint density at radius 2 is 2.30 bits per heavy atom. The average molecular weight is 266 g/mol. The highest BCUT2D eigenvalue weighted by molar-refractivity contribution is 6.05. The van der Waals surface area contributed by atoms with Gasteiger partial charge in [0.05, 0.1) is 6.33 Å². The molecule has 0 unspecified atom stereocenters. The van der Waals surface area contributed by atoms with E-state index in [1.807, 2.05) is 12.1 Å². The normalized spacial score (nSPS) is 14.3. The van der Waals surface area contributed by atoms with Gasteiger partial charge in [0.2, 0.25) is 11.3 Å². The monoisotopic (exact) mass is 266 g/mol. The van der Waals surface area contributed by atoms with Crippen LogP contribution in [0.3, 0.4) is 0 Å². The van der Waals surface area contributed by atoms with Crippen molar-refractivity contribution in [2.45, 2.75) is 6.92 Å². The summed E-state index contributed by atoms with van der Waals surface area (Å²) in [4.78, 5) is 18.8. The highest BCUT2D eigenvalue weighted by Crippen LogP contribution is 2.30. The number of diazo groups is 1. The number of benzene rings is 1. The van der Waals surface area contributed by atoms with Crippen molar-refractivity contribution in [1.29, 1.82) is 5.39 Å². The van der Waals surface area contributed by atoms with Crippen molar-refractivity contribution >= 4 is 17.2 Å². The molecule has 0 radical (unpaired) electrons. The molecule has 1 N–H and O–H groups in total. The van der Waals surface area contributed by atoms with Crippen LogP contribution < -0.4 is 5.32 Å². The van der Waals surface area contributed by atoms with E-state index in [-0.39, 0.29) is 5.91 Å². The van der Waals surface area contributed by atoms with Crippen LogP contribution in [0.1, 0.15) is 12.5 Å². The number of imidazole rings is 1. The molecular formula is C14H12N5O+. The Kier molecular flexibility index (Phi) is 2.80. The zero-order chi connectivity index (χ0) is 14.1. The third-order valence-corrected chi connectivity index (χ3v) is 3.43. The fraction of sp³-hybridized carbons (Fsp3) is 0.143. The van der Waals surface area contributed by atoms with E-state index in [4.69, 9.17) is 0 Å². The van der Waals surface area contributed by atoms with Gasteiger partial charge in [0.25, 0.3) is 0 Å². The lowest BCUT2D eigenvalue weighted by Gasteiger charge is -2.04. The van der Waals surface area contributed by atoms with Crippen LogP contribution in [-0.4, -0.2) is 22.0 Å². The van der Waals surface area contributed by atoms with Crippen LogP contribution >= 0.6 is 0 Å². The molecule has 3 rings (SSSR count). The van der Waals surface area contributed by atoms with Crippen molar-refractivity contribution in [3.05, 3.63) is 53.0 Å². The molecule has 0 saturated carbocycles. The Balaban J connectivity index is 2.10. The summed E-state index contributed by atoms with van der Waals surface area (Å²) < 4.78 is 1.76. The van der Waals surface area contributed by atoms with E-state index in [0.29, 0.717) is 17.8 Å². The molecule has 0 spiro atoms. The lowest BCUT2D eigenvalue weighted by atomic mass is 10.0. The van der Waals surface area contributed by atoms with E-state index < -0.39 is 0 Å². The molecule has 2 heterocycles. The maximum atomic E-state index is 11.5. The molecule has 1 aliphatic rings. The molecule has 0 saturated heterocycles. The van der Waals surface area contributed by atoms with Crippen LogP contribution in [0.5, 0.6) is 0 Å². The lowest BCUT2D eigenvalue weighted by molar-refractivity contribution is -0.116. The van der Waals surface area contributed by atoms with E-state index in [1.54, 1.807) is 36.3 Å². The molecule has 0 atom stereocenters. The minimum absolute atomic E-state index is 0.0545. The number of aromatic nitrogens is 2. The predicted octanol–water partition coefficient (Wildman–Crippen LogP) is 2.26. The largest absolute Gasteiger partial charge is 0.409 e. The van der Waals surface area contributed by atoms with E-state index in [2.05, 4.69) is 15.3 Å². The summed E-state index contributed by atoms with van der Waals surface area (Å²) in [6.45, 7) is 2.29. The van der Waals surface area contributed by atoms with Gasteiger partial charge < -0.3 is 5.32 Å². The number of amides is 1. The number of carbonyl (C=O) groups excluding carboxylic acids is 1. The van der Waals surface area contributed by atoms with Gasteiger partial charge in [-0.2, -0.15) is 0 Å². The van der Waals surface area contributed by atoms with Gasteiger partial charge in [-0.15, -0.1) is 0 Å². The van der Waals surface area contributed by atoms with Crippen LogP contribution in [0.25, 0.3) is 16.2 Å². The molecule has 98 valence electrons. The number of carbonyl (C=O) groups is 1. The summed E-state index contributed by atoms with van der Waals surface area (Å²) in [7, 11) is 0. The number of nitrogens with one attached hydrogen (secondary N) is 1. The Hall–Kier alpha value is -2.94. The molecule has 6 nitrogen and oxygen atoms in total. The first kappa shape index (κ1) is 12.1. The second-order valence-corrected chi connectivity index (χ2v) is 4.56. The van der Waals surface area contributed by atoms with Crippen LogP contribution in [0, 0.1) is 5.39 Å². The van der Waals surface area contributed by atoms with Crippen molar-refractivity contribution in [1.82, 2.24) is 14.9 Å². The fourth-order valence-electron chi connectivity index (χ4n) is 2.30. The quantitative estimate of drug-likeness (QED) is 0.847. The number of hydrogen-bond acceptors (Lipinski definition) is 3. The predicted molar refractivity (Wildman–Crippen MR) is 73.9 cm³/mol. The van der Waals surface area contributed by atoms with Gasteiger partial charge in [-0.1, -0.05) is 6.07 Å². The topological polar surface area (TPSA) is 75.1 Å². The molecule has 6 heteroatoms. The number of hydrogen-bond donors (Lipinski definition) is 1. The molecule has 0 fully saturated rings. The van der Waals surface area contributed by atoms with Gasteiger partial charge >= 0.3 is 5.69 Å². The first-order chi connectivity index (χ1) is 9.70. The first-order valence-electron chi connectivity index (χ1n) is 6.16. The highest BCUT2D eigenvalue weighted by atomic mass is 16.1. The molecule has 1 aromatic heterocycles. The molecule has 1 aromatic carbocycles. The van der Waals surface area contributed by atoms with Gasteiger partial charge in [-0.05, 0) is 24.1 Å². The summed E-state index contributed by atoms with van der Waals surface area (Å²) in [5, 5.41) is 12.0. The molecule has 0 aliphatic carbocycles. The zero-order valence-corrected chi connectivity index (χ0v) is 10.9. The van der Waals surface area contributed by atoms with Gasteiger partial charge in [-0.25, -0.2) is 4.98 Å². The van der Waals surface area contributed by atoms with Crippen molar-refractivity contribution in [3.8, 4) is 5.69 Å². The second-order valence-electron chi connectivity index (χ2n) is 4.56. The molecule has 2 aromatic rings. The number of rotatable bonds is 2. The third-order valence-electron chi connectivity index (χ3n) is 3.43. The van der Waals surface area contributed by atoms with Gasteiger partial charge in [0.15, 0.2) is 4.98 Å². The van der Waals surface area contributed by atoms with E-state index in [1.165, 1.54) is 0 Å². The Labute approximate surface area is 115 Å². The average Bonchev–Trinajstić information content (AvgIpc) is 3.10. The Morgan fingerprint density at radius 1 is 1.45 bits per heavy atom. The Morgan fingerprint density at radius 3 is 2.90 bits per heavy atom. The van der Waals surface area contributed by atoms with Crippen molar-refractivity contribution in [2.75, 3.05) is 6.54 Å². The van der Waals surface area contributed by atoms with Crippen LogP contribution in [0.15, 0.2) is 42.5 Å². The molecule has 1 amide bonds. The summed E-state index contributed by atoms with van der Waals surface area (Å²) >= 11 is 0. The van der Waals surface area contributed by atoms with Crippen molar-refractivity contribution < 1.29 is 4.79 Å². The van der Waals surface area contributed by atoms with Gasteiger partial charge in [0, 0.05) is 30.6 Å². The van der Waals surface area contributed by atoms with E-state index in [9.17, 15) is 10.2 Å². The molecule has 20 heavy (non-hydrogen) atoms. The zero-order valence-electron chi connectivity index (χ0n) is 10.9. The fourth-order valence-corrected chi connectivity index (χ4v) is 2.30. The standard InChI is InChI=1S/C14H11N5O/c1-9-11(7-17-14(9)20)10-2-3-13(12(6-10)18-15)19-5-4-16-8-19/h2-6,8H,7H2,1H3/p+1. The second kappa shape index (κ2) is 4.63. The van der Waals surface area contributed by atoms with Crippen molar-refractivity contribution in [2.24, 2.45) is 0 Å². The van der Waals surface area contributed by atoms with Crippen LogP contribution in [-0.2, 0) is 4.79 Å². The van der Waals surface area contributed by atoms with E-state index in [0.717, 1.165) is 16.8 Å². The molecular weight excluding hydrogens is 254 g/mol. The first-order valence-corrected chi connectivity index (χ1v) is 6.16. The lowest BCUT2D eigenvalue weighted by Crippen LogP contribution is -2.16. The van der Waals surface area contributed by atoms with Gasteiger partial charge in [-0.3, -0.25) is 9.36 Å². The maximum absolute atomic E-state index is 11.5. The van der Waals surface area contributed by atoms with Crippen LogP contribution in [0.4, 0.5) is 5.69 Å². The minimum Gasteiger partial charge on any atom is -0.348 e. The summed E-state index contributed by atoms with van der Waals surface area (Å²) in [6.07, 6.45) is 5.06. The number of nitrogens with zero attached hydrogens (tertiary/aromatic N) is 4. The van der Waals surface area contributed by atoms with E-state index >= 15 is 0 Å². The minimum atomic E-state index is -0.0545. The summed E-state index contributed by atoms with van der Waals surface area (Å²) in [5.41, 5.74) is 3.66. The third kappa shape index (κ3) is 1.86. The smallest absolute Gasteiger partial charge is 0.348 e. The summed E-state index contributed by atoms with van der Waals surface area (Å²) in [6, 6.07) is 5.51. The Bertz CT molecular complexity index is 752. The maximum Gasteiger partial charge on any atom is 0.409 e. The highest BCUT2D eigenvalue weighted by Gasteiger charge is 2.23. The SMILES string of the molecule is CC1=C(c2ccc(-n3ccnc3)c([N+]#N)c2)CNC1=O. The molecule has 1 aliphatic heterocycles. The van der Waals surface area contributed by atoms with Crippen LogP contribution in [0.2, 0.25) is 0 Å². The van der Waals surface area contributed by atoms with Crippen molar-refractivity contribution in [3.63, 3.8) is 0 Å². The summed E-state index contributed by atoms with van der Waals surface area (Å²) in [5.74, 6) is -0.0545.